The van der Waals surface area contributed by atoms with Gasteiger partial charge in [-0.05, 0) is 36.5 Å². The van der Waals surface area contributed by atoms with E-state index >= 15 is 0 Å². The van der Waals surface area contributed by atoms with Crippen LogP contribution in [0.4, 0.5) is 0 Å². The Balaban J connectivity index is 2.36. The summed E-state index contributed by atoms with van der Waals surface area (Å²) in [6.07, 6.45) is 1.22. The number of hydrogen-bond donors (Lipinski definition) is 0. The summed E-state index contributed by atoms with van der Waals surface area (Å²) >= 11 is 0. The van der Waals surface area contributed by atoms with E-state index in [1.54, 1.807) is 12.1 Å². The van der Waals surface area contributed by atoms with Crippen molar-refractivity contribution in [3.05, 3.63) is 29.8 Å². The van der Waals surface area contributed by atoms with Crippen LogP contribution in [0.2, 0.25) is 0 Å². The number of sulfonamides is 1. The van der Waals surface area contributed by atoms with E-state index in [9.17, 15) is 16.8 Å². The first-order chi connectivity index (χ1) is 10.7. The van der Waals surface area contributed by atoms with Gasteiger partial charge in [-0.15, -0.1) is 0 Å². The second-order valence-electron chi connectivity index (χ2n) is 6.52. The molecule has 2 rings (SSSR count). The maximum absolute atomic E-state index is 13.0. The first kappa shape index (κ1) is 18.4. The number of rotatable bonds is 6. The average Bonchev–Trinajstić information content (AvgIpc) is 2.84. The summed E-state index contributed by atoms with van der Waals surface area (Å²) in [6.45, 7) is 6.22. The third-order valence-electron chi connectivity index (χ3n) is 4.10. The number of sulfone groups is 1. The van der Waals surface area contributed by atoms with E-state index in [0.29, 0.717) is 13.0 Å². The molecule has 1 fully saturated rings. The Morgan fingerprint density at radius 1 is 1.22 bits per heavy atom. The molecule has 1 aromatic carbocycles. The van der Waals surface area contributed by atoms with Crippen LogP contribution in [0.3, 0.4) is 0 Å². The highest BCUT2D eigenvalue weighted by Crippen LogP contribution is 2.26. The van der Waals surface area contributed by atoms with Gasteiger partial charge < -0.3 is 0 Å². The standard InChI is InChI=1S/C16H25NO4S2/c1-4-14-5-7-16(8-6-14)23(20,21)17(11-13(2)3)15-9-10-22(18,19)12-15/h5-8,13,15H,4,9-12H2,1-3H3. The number of hydrogen-bond acceptors (Lipinski definition) is 4. The van der Waals surface area contributed by atoms with E-state index in [2.05, 4.69) is 0 Å². The van der Waals surface area contributed by atoms with Crippen LogP contribution in [0.25, 0.3) is 0 Å². The van der Waals surface area contributed by atoms with Gasteiger partial charge in [0.2, 0.25) is 10.0 Å². The molecule has 0 bridgehead atoms. The molecule has 0 aromatic heterocycles. The zero-order valence-corrected chi connectivity index (χ0v) is 15.5. The molecule has 23 heavy (non-hydrogen) atoms. The fourth-order valence-electron chi connectivity index (χ4n) is 2.84. The van der Waals surface area contributed by atoms with Crippen LogP contribution in [-0.4, -0.2) is 45.2 Å². The van der Waals surface area contributed by atoms with Gasteiger partial charge in [-0.25, -0.2) is 16.8 Å². The van der Waals surface area contributed by atoms with E-state index < -0.39 is 25.9 Å². The molecule has 1 aromatic rings. The summed E-state index contributed by atoms with van der Waals surface area (Å²) in [4.78, 5) is 0.236. The lowest BCUT2D eigenvalue weighted by Gasteiger charge is -2.29. The molecule has 130 valence electrons. The topological polar surface area (TPSA) is 71.5 Å². The lowest BCUT2D eigenvalue weighted by molar-refractivity contribution is 0.308. The molecular weight excluding hydrogens is 334 g/mol. The Bertz CT molecular complexity index is 737. The fraction of sp³-hybridized carbons (Fsp3) is 0.625. The summed E-state index contributed by atoms with van der Waals surface area (Å²) in [5, 5.41) is 0. The minimum Gasteiger partial charge on any atom is -0.229 e. The minimum absolute atomic E-state index is 0.0660. The Hall–Kier alpha value is -0.920. The van der Waals surface area contributed by atoms with E-state index in [1.165, 1.54) is 4.31 Å². The van der Waals surface area contributed by atoms with Crippen molar-refractivity contribution in [3.63, 3.8) is 0 Å². The van der Waals surface area contributed by atoms with Gasteiger partial charge in [-0.3, -0.25) is 0 Å². The average molecular weight is 360 g/mol. The molecule has 1 aliphatic heterocycles. The molecule has 0 radical (unpaired) electrons. The second kappa shape index (κ2) is 6.91. The third kappa shape index (κ3) is 4.33. The SMILES string of the molecule is CCc1ccc(S(=O)(=O)N(CC(C)C)C2CCS(=O)(=O)C2)cc1. The van der Waals surface area contributed by atoms with Crippen molar-refractivity contribution in [2.75, 3.05) is 18.1 Å². The monoisotopic (exact) mass is 359 g/mol. The Labute approximate surface area is 139 Å². The molecule has 1 aliphatic rings. The summed E-state index contributed by atoms with van der Waals surface area (Å²) in [5.41, 5.74) is 1.07. The predicted octanol–water partition coefficient (Wildman–Crippen LogP) is 2.08. The van der Waals surface area contributed by atoms with Gasteiger partial charge in [-0.2, -0.15) is 4.31 Å². The second-order valence-corrected chi connectivity index (χ2v) is 10.6. The predicted molar refractivity (Wildman–Crippen MR) is 91.6 cm³/mol. The van der Waals surface area contributed by atoms with Gasteiger partial charge in [0.1, 0.15) is 0 Å². The molecule has 0 amide bonds. The molecule has 1 heterocycles. The van der Waals surface area contributed by atoms with Crippen molar-refractivity contribution < 1.29 is 16.8 Å². The van der Waals surface area contributed by atoms with Gasteiger partial charge in [0.05, 0.1) is 16.4 Å². The molecule has 0 spiro atoms. The van der Waals surface area contributed by atoms with Crippen molar-refractivity contribution >= 4 is 19.9 Å². The van der Waals surface area contributed by atoms with Gasteiger partial charge >= 0.3 is 0 Å². The van der Waals surface area contributed by atoms with Gasteiger partial charge in [0.25, 0.3) is 0 Å². The minimum atomic E-state index is -3.69. The number of aryl methyl sites for hydroxylation is 1. The van der Waals surface area contributed by atoms with Gasteiger partial charge in [-0.1, -0.05) is 32.9 Å². The van der Waals surface area contributed by atoms with Crippen LogP contribution in [0.1, 0.15) is 32.8 Å². The molecule has 0 aliphatic carbocycles. The van der Waals surface area contributed by atoms with E-state index in [0.717, 1.165) is 12.0 Å². The summed E-state index contributed by atoms with van der Waals surface area (Å²) in [5.74, 6) is 0.116. The quantitative estimate of drug-likeness (QED) is 0.780. The Morgan fingerprint density at radius 2 is 1.83 bits per heavy atom. The van der Waals surface area contributed by atoms with Crippen molar-refractivity contribution in [3.8, 4) is 0 Å². The van der Waals surface area contributed by atoms with E-state index in [1.807, 2.05) is 32.9 Å². The molecule has 1 saturated heterocycles. The smallest absolute Gasteiger partial charge is 0.229 e. The highest BCUT2D eigenvalue weighted by molar-refractivity contribution is 7.92. The van der Waals surface area contributed by atoms with Crippen LogP contribution in [0, 0.1) is 5.92 Å². The lowest BCUT2D eigenvalue weighted by atomic mass is 10.2. The summed E-state index contributed by atoms with van der Waals surface area (Å²) in [7, 11) is -6.82. The molecule has 5 nitrogen and oxygen atoms in total. The van der Waals surface area contributed by atoms with Gasteiger partial charge in [0.15, 0.2) is 9.84 Å². The van der Waals surface area contributed by atoms with Crippen LogP contribution < -0.4 is 0 Å². The molecule has 7 heteroatoms. The third-order valence-corrected chi connectivity index (χ3v) is 7.78. The highest BCUT2D eigenvalue weighted by Gasteiger charge is 2.38. The van der Waals surface area contributed by atoms with E-state index in [-0.39, 0.29) is 22.3 Å². The van der Waals surface area contributed by atoms with Crippen LogP contribution in [0.15, 0.2) is 29.2 Å². The van der Waals surface area contributed by atoms with Crippen LogP contribution >= 0.6 is 0 Å². The van der Waals surface area contributed by atoms with Crippen molar-refractivity contribution in [2.45, 2.75) is 44.6 Å². The highest BCUT2D eigenvalue weighted by atomic mass is 32.2. The van der Waals surface area contributed by atoms with Crippen LogP contribution in [0.5, 0.6) is 0 Å². The van der Waals surface area contributed by atoms with Crippen molar-refractivity contribution in [2.24, 2.45) is 5.92 Å². The maximum Gasteiger partial charge on any atom is 0.243 e. The Morgan fingerprint density at radius 3 is 2.26 bits per heavy atom. The zero-order chi connectivity index (χ0) is 17.3. The van der Waals surface area contributed by atoms with Gasteiger partial charge in [0, 0.05) is 12.6 Å². The molecular formula is C16H25NO4S2. The first-order valence-corrected chi connectivity index (χ1v) is 11.2. The molecule has 1 atom stereocenters. The largest absolute Gasteiger partial charge is 0.243 e. The zero-order valence-electron chi connectivity index (χ0n) is 13.9. The number of nitrogens with zero attached hydrogens (tertiary/aromatic N) is 1. The normalized spacial score (nSPS) is 21.2. The molecule has 0 saturated carbocycles. The number of benzene rings is 1. The summed E-state index contributed by atoms with van der Waals surface area (Å²) < 4.78 is 50.9. The Kier molecular flexibility index (Phi) is 5.53. The maximum atomic E-state index is 13.0. The first-order valence-electron chi connectivity index (χ1n) is 7.97. The lowest BCUT2D eigenvalue weighted by Crippen LogP contribution is -2.43. The van der Waals surface area contributed by atoms with Crippen LogP contribution in [-0.2, 0) is 26.3 Å². The fourth-order valence-corrected chi connectivity index (χ4v) is 6.48. The summed E-state index contributed by atoms with van der Waals surface area (Å²) in [6, 6.07) is 6.39. The van der Waals surface area contributed by atoms with Crippen molar-refractivity contribution in [1.82, 2.24) is 4.31 Å². The molecule has 0 N–H and O–H groups in total. The van der Waals surface area contributed by atoms with E-state index in [4.69, 9.17) is 0 Å². The molecule has 1 unspecified atom stereocenters. The van der Waals surface area contributed by atoms with Crippen molar-refractivity contribution in [1.29, 1.82) is 0 Å².